The highest BCUT2D eigenvalue weighted by Crippen LogP contribution is 2.39. The molecule has 25 atom stereocenters. The first-order valence-electron chi connectivity index (χ1n) is 28.6. The van der Waals surface area contributed by atoms with Crippen molar-refractivity contribution in [2.75, 3.05) is 79.4 Å². The zero-order valence-electron chi connectivity index (χ0n) is 47.6. The van der Waals surface area contributed by atoms with E-state index in [1.807, 2.05) is 6.08 Å². The quantitative estimate of drug-likeness (QED) is 0.0255. The van der Waals surface area contributed by atoms with Gasteiger partial charge in [-0.1, -0.05) is 0 Å². The number of hydrogen-bond acceptors (Lipinski definition) is 28. The molecule has 2 amide bonds. The summed E-state index contributed by atoms with van der Waals surface area (Å²) in [5.41, 5.74) is 33.3. The highest BCUT2D eigenvalue weighted by atomic mass is 19.3. The van der Waals surface area contributed by atoms with Crippen molar-refractivity contribution in [1.29, 1.82) is 0 Å². The van der Waals surface area contributed by atoms with Crippen LogP contribution < -0.4 is 71.6 Å². The summed E-state index contributed by atoms with van der Waals surface area (Å²) in [5, 5.41) is 120. The van der Waals surface area contributed by atoms with E-state index in [0.29, 0.717) is 37.4 Å². The van der Waals surface area contributed by atoms with E-state index in [1.54, 1.807) is 6.08 Å². The molecule has 0 aromatic carbocycles. The third-order valence-electron chi connectivity index (χ3n) is 16.8. The van der Waals surface area contributed by atoms with Crippen molar-refractivity contribution in [2.45, 2.75) is 191 Å². The Labute approximate surface area is 485 Å². The lowest BCUT2D eigenvalue weighted by Gasteiger charge is -2.51. The van der Waals surface area contributed by atoms with Crippen LogP contribution in [0.1, 0.15) is 46.0 Å². The summed E-state index contributed by atoms with van der Waals surface area (Å²) in [6.07, 6.45) is -17.9. The summed E-state index contributed by atoms with van der Waals surface area (Å²) in [5.74, 6) is -7.99. The monoisotopic (exact) mass is 1220 g/mol. The first-order chi connectivity index (χ1) is 39.7. The van der Waals surface area contributed by atoms with Gasteiger partial charge in [0, 0.05) is 55.8 Å². The largest absolute Gasteiger partial charge is 0.492 e. The molecule has 0 aromatic rings. The van der Waals surface area contributed by atoms with E-state index in [2.05, 4.69) is 37.2 Å². The number of hydrogen-bond donors (Lipinski definition) is 22. The molecule has 4 heterocycles. The number of rotatable bonds is 28. The fraction of sp³-hybridized carbons (Fsp3) is 0.882. The van der Waals surface area contributed by atoms with Crippen molar-refractivity contribution in [1.82, 2.24) is 37.2 Å². The second kappa shape index (κ2) is 30.9. The van der Waals surface area contributed by atoms with E-state index in [0.717, 1.165) is 0 Å². The highest BCUT2D eigenvalue weighted by Gasteiger charge is 2.57. The highest BCUT2D eigenvalue weighted by molar-refractivity contribution is 5.82. The average molecular weight is 1220 g/mol. The van der Waals surface area contributed by atoms with Crippen LogP contribution >= 0.6 is 0 Å². The molecule has 6 aliphatic rings. The van der Waals surface area contributed by atoms with Crippen LogP contribution in [0.3, 0.4) is 0 Å². The number of ether oxygens (including phenoxy) is 6. The number of halogens is 3. The Bertz CT molecular complexity index is 2160. The van der Waals surface area contributed by atoms with E-state index < -0.39 is 189 Å². The molecular formula is C51H94F3N13O17. The van der Waals surface area contributed by atoms with Gasteiger partial charge in [0.1, 0.15) is 65.5 Å². The molecule has 30 nitrogen and oxygen atoms in total. The molecule has 0 aromatic heterocycles. The van der Waals surface area contributed by atoms with Gasteiger partial charge in [-0.15, -0.1) is 0 Å². The number of alkyl halides is 3. The topological polar surface area (TPSA) is 512 Å². The van der Waals surface area contributed by atoms with Crippen LogP contribution in [-0.4, -0.2) is 282 Å². The van der Waals surface area contributed by atoms with E-state index in [-0.39, 0.29) is 58.2 Å². The van der Waals surface area contributed by atoms with E-state index in [1.165, 1.54) is 20.9 Å². The molecule has 2 saturated heterocycles. The molecule has 5 unspecified atom stereocenters. The number of carbonyl (C=O) groups is 2. The molecule has 0 spiro atoms. The van der Waals surface area contributed by atoms with Crippen molar-refractivity contribution in [3.05, 3.63) is 23.7 Å². The Balaban J connectivity index is 1.12. The van der Waals surface area contributed by atoms with E-state index >= 15 is 4.39 Å². The average Bonchev–Trinajstić information content (AvgIpc) is 3.37. The summed E-state index contributed by atoms with van der Waals surface area (Å²) in [4.78, 5) is 26.9. The Morgan fingerprint density at radius 1 is 0.750 bits per heavy atom. The Morgan fingerprint density at radius 3 is 1.86 bits per heavy atom. The van der Waals surface area contributed by atoms with Crippen LogP contribution in [0.2, 0.25) is 0 Å². The number of amides is 2. The molecule has 486 valence electrons. The summed E-state index contributed by atoms with van der Waals surface area (Å²) < 4.78 is 81.3. The number of aliphatic hydroxyl groups is 9. The maximum absolute atomic E-state index is 16.0. The lowest BCUT2D eigenvalue weighted by atomic mass is 9.72. The minimum Gasteiger partial charge on any atom is -0.492 e. The van der Waals surface area contributed by atoms with Crippen LogP contribution in [0.15, 0.2) is 23.7 Å². The van der Waals surface area contributed by atoms with E-state index in [9.17, 15) is 64.3 Å². The van der Waals surface area contributed by atoms with E-state index in [4.69, 9.17) is 62.8 Å². The van der Waals surface area contributed by atoms with Gasteiger partial charge in [0.25, 0.3) is 17.7 Å². The lowest BCUT2D eigenvalue weighted by molar-refractivity contribution is -0.298. The maximum Gasteiger partial charge on any atom is 0.294 e. The maximum atomic E-state index is 16.0. The Morgan fingerprint density at radius 2 is 1.30 bits per heavy atom. The van der Waals surface area contributed by atoms with Gasteiger partial charge < -0.3 is 141 Å². The molecule has 2 saturated carbocycles. The van der Waals surface area contributed by atoms with Crippen molar-refractivity contribution in [3.63, 3.8) is 0 Å². The molecule has 0 bridgehead atoms. The molecule has 4 aliphatic heterocycles. The molecule has 33 heteroatoms. The third-order valence-corrected chi connectivity index (χ3v) is 16.8. The van der Waals surface area contributed by atoms with Gasteiger partial charge in [0.15, 0.2) is 24.8 Å². The van der Waals surface area contributed by atoms with Crippen molar-refractivity contribution >= 4 is 11.8 Å². The normalized spacial score (nSPS) is 40.5. The van der Waals surface area contributed by atoms with Crippen molar-refractivity contribution < 1.29 is 97.1 Å². The van der Waals surface area contributed by atoms with Gasteiger partial charge in [-0.25, -0.2) is 13.2 Å². The first-order valence-corrected chi connectivity index (χ1v) is 28.6. The summed E-state index contributed by atoms with van der Waals surface area (Å²) in [6.45, 7) is 0.564. The number of nitrogens with two attached hydrogens (primary N) is 6. The van der Waals surface area contributed by atoms with Gasteiger partial charge in [0.2, 0.25) is 0 Å². The number of nitrogens with one attached hydrogen (secondary N) is 7. The molecule has 4 fully saturated rings. The van der Waals surface area contributed by atoms with Crippen molar-refractivity contribution in [2.24, 2.45) is 46.2 Å². The van der Waals surface area contributed by atoms with Crippen LogP contribution in [0.4, 0.5) is 13.2 Å². The van der Waals surface area contributed by atoms with Gasteiger partial charge >= 0.3 is 0 Å². The van der Waals surface area contributed by atoms with Crippen LogP contribution in [0.5, 0.6) is 0 Å². The van der Waals surface area contributed by atoms with Gasteiger partial charge in [-0.3, -0.25) is 14.9 Å². The Kier molecular flexibility index (Phi) is 25.7. The molecule has 6 rings (SSSR count). The van der Waals surface area contributed by atoms with Gasteiger partial charge in [-0.2, -0.15) is 0 Å². The molecule has 28 N–H and O–H groups in total. The standard InChI is InChI=1S/C51H94F3N13O17/c1-49(77)19-79-47(36(72)42(49)61-3)83-40-29(14-27(60)32(35(40)71)39-28(64-10-4-9-55)8-6-22(15-56)81-39)66-45(75)33(69)24(52)17-63-21-65-43-37(73)48(80-20-50(43,2)78)84-41-30(67-46(76)44(74)51(53,54)18-57)13-26(59)31(34(41)70)38-25(58)7-5-23(82-38)16-62-11-12-68/h5-6,24-44,47-48,61-65,68-74,77-78H,4,7-21,55-60H2,1-3H3,(H,66,75)(H,67,76)/t24?,25-,26+,27+,28-,29-,30-,31?,32?,33?,34+,35+,36-,37-,38+,39+,40+,41+,42-,43-,44?,47-,48-,49+,50+/m1/s1. The van der Waals surface area contributed by atoms with Gasteiger partial charge in [-0.05, 0) is 78.2 Å². The van der Waals surface area contributed by atoms with Crippen LogP contribution in [-0.2, 0) is 38.0 Å². The fourth-order valence-electron chi connectivity index (χ4n) is 12.1. The molecule has 2 aliphatic carbocycles. The minimum absolute atomic E-state index is 0.0461. The smallest absolute Gasteiger partial charge is 0.294 e. The zero-order valence-corrected chi connectivity index (χ0v) is 47.6. The molecular weight excluding hydrogens is 1120 g/mol. The van der Waals surface area contributed by atoms with Gasteiger partial charge in [0.05, 0.1) is 75.8 Å². The summed E-state index contributed by atoms with van der Waals surface area (Å²) in [6, 6.07) is -8.14. The third kappa shape index (κ3) is 16.8. The lowest BCUT2D eigenvalue weighted by Crippen LogP contribution is -2.70. The number of likely N-dealkylation sites (N-methyl/N-ethyl adjacent to an activating group) is 1. The second-order valence-corrected chi connectivity index (χ2v) is 23.3. The van der Waals surface area contributed by atoms with Crippen molar-refractivity contribution in [3.8, 4) is 0 Å². The summed E-state index contributed by atoms with van der Waals surface area (Å²) in [7, 11) is 1.51. The fourth-order valence-corrected chi connectivity index (χ4v) is 12.1. The zero-order chi connectivity index (χ0) is 62.0. The first kappa shape index (κ1) is 69.9. The molecule has 0 radical (unpaired) electrons. The number of carbonyl (C=O) groups excluding carboxylic acids is 2. The Hall–Kier alpha value is -3.15. The molecule has 84 heavy (non-hydrogen) atoms. The predicted molar refractivity (Wildman–Crippen MR) is 292 cm³/mol. The minimum atomic E-state index is -4.06. The number of aliphatic hydroxyl groups excluding tert-OH is 7. The second-order valence-electron chi connectivity index (χ2n) is 23.3. The summed E-state index contributed by atoms with van der Waals surface area (Å²) >= 11 is 0. The van der Waals surface area contributed by atoms with Crippen LogP contribution in [0, 0.1) is 11.8 Å². The predicted octanol–water partition coefficient (Wildman–Crippen LogP) is -9.65. The van der Waals surface area contributed by atoms with Crippen LogP contribution in [0.25, 0.3) is 0 Å². The SMILES string of the molecule is CN[C@@H]1[C@@H](O)[C@@H](O[C@H]2[C@H](NC(=O)C(O)C(F)CNCN[C@@H]3[C@@H](O)[C@@H](O[C@H]4[C@H](NC(=O)C(O)C(F)(F)CN)C[C@H](N)C([C@H]5OC(CNCCO)=CC[C@H]5N)[C@@H]4O)OC[C@]3(C)O)C[C@H](N)C([C@H]3OC(CN)=CC[C@H]3NCCCN)[C@@H]2O)OC[C@]1(C)O.